The molecule has 2 heterocycles. The first-order valence-corrected chi connectivity index (χ1v) is 4.99. The maximum atomic E-state index is 4.26. The Hall–Kier alpha value is -1.84. The van der Waals surface area contributed by atoms with E-state index in [0.29, 0.717) is 0 Å². The number of anilines is 1. The summed E-state index contributed by atoms with van der Waals surface area (Å²) in [7, 11) is 0. The number of hydrogen-bond acceptors (Lipinski definition) is 3. The lowest BCUT2D eigenvalue weighted by molar-refractivity contribution is 0.965. The minimum absolute atomic E-state index is 0.861. The van der Waals surface area contributed by atoms with E-state index in [1.807, 2.05) is 25.3 Å². The van der Waals surface area contributed by atoms with Gasteiger partial charge in [-0.3, -0.25) is 0 Å². The van der Waals surface area contributed by atoms with Crippen molar-refractivity contribution in [2.45, 2.75) is 13.3 Å². The van der Waals surface area contributed by atoms with Gasteiger partial charge < -0.3 is 10.3 Å². The highest BCUT2D eigenvalue weighted by molar-refractivity contribution is 5.42. The number of pyridine rings is 1. The molecule has 15 heavy (non-hydrogen) atoms. The summed E-state index contributed by atoms with van der Waals surface area (Å²) < 4.78 is 0. The zero-order valence-electron chi connectivity index (χ0n) is 8.70. The smallest absolute Gasteiger partial charge is 0.128 e. The van der Waals surface area contributed by atoms with Crippen molar-refractivity contribution in [2.24, 2.45) is 0 Å². The first kappa shape index (κ1) is 9.71. The lowest BCUT2D eigenvalue weighted by Gasteiger charge is -2.06. The normalized spacial score (nSPS) is 10.2. The Morgan fingerprint density at radius 1 is 1.47 bits per heavy atom. The molecule has 0 aromatic carbocycles. The summed E-state index contributed by atoms with van der Waals surface area (Å²) in [5.41, 5.74) is 2.30. The van der Waals surface area contributed by atoms with Gasteiger partial charge in [-0.1, -0.05) is 6.07 Å². The fraction of sp³-hybridized carbons (Fsp3) is 0.273. The molecule has 0 aliphatic carbocycles. The van der Waals surface area contributed by atoms with E-state index in [2.05, 4.69) is 20.3 Å². The van der Waals surface area contributed by atoms with Gasteiger partial charge in [0.15, 0.2) is 0 Å². The average Bonchev–Trinajstić information content (AvgIpc) is 2.74. The summed E-state index contributed by atoms with van der Waals surface area (Å²) in [5.74, 6) is 0.956. The van der Waals surface area contributed by atoms with Gasteiger partial charge >= 0.3 is 0 Å². The van der Waals surface area contributed by atoms with Gasteiger partial charge in [-0.15, -0.1) is 0 Å². The molecule has 0 spiro atoms. The van der Waals surface area contributed by atoms with Crippen molar-refractivity contribution in [2.75, 3.05) is 11.9 Å². The van der Waals surface area contributed by atoms with Crippen molar-refractivity contribution in [1.29, 1.82) is 0 Å². The van der Waals surface area contributed by atoms with Crippen molar-refractivity contribution in [3.05, 3.63) is 42.1 Å². The van der Waals surface area contributed by atoms with Gasteiger partial charge in [0.05, 0.1) is 6.33 Å². The molecular formula is C11H14N4. The van der Waals surface area contributed by atoms with Crippen LogP contribution in [0.2, 0.25) is 0 Å². The number of aromatic nitrogens is 3. The summed E-state index contributed by atoms with van der Waals surface area (Å²) in [4.78, 5) is 11.3. The molecule has 0 aliphatic rings. The van der Waals surface area contributed by atoms with Gasteiger partial charge in [-0.25, -0.2) is 9.97 Å². The largest absolute Gasteiger partial charge is 0.369 e. The third kappa shape index (κ3) is 2.56. The molecule has 78 valence electrons. The molecule has 2 aromatic rings. The van der Waals surface area contributed by atoms with E-state index in [4.69, 9.17) is 0 Å². The summed E-state index contributed by atoms with van der Waals surface area (Å²) in [6, 6.07) is 3.99. The zero-order valence-corrected chi connectivity index (χ0v) is 8.70. The van der Waals surface area contributed by atoms with Gasteiger partial charge in [0.2, 0.25) is 0 Å². The van der Waals surface area contributed by atoms with Crippen LogP contribution in [0.25, 0.3) is 0 Å². The van der Waals surface area contributed by atoms with E-state index in [-0.39, 0.29) is 0 Å². The van der Waals surface area contributed by atoms with Crippen molar-refractivity contribution in [3.63, 3.8) is 0 Å². The summed E-state index contributed by atoms with van der Waals surface area (Å²) >= 11 is 0. The topological polar surface area (TPSA) is 53.6 Å². The predicted molar refractivity (Wildman–Crippen MR) is 59.8 cm³/mol. The third-order valence-electron chi connectivity index (χ3n) is 2.25. The molecule has 4 nitrogen and oxygen atoms in total. The highest BCUT2D eigenvalue weighted by Gasteiger charge is 1.97. The van der Waals surface area contributed by atoms with Crippen LogP contribution in [0.3, 0.4) is 0 Å². The van der Waals surface area contributed by atoms with E-state index in [0.717, 1.165) is 24.5 Å². The first-order valence-electron chi connectivity index (χ1n) is 4.99. The fourth-order valence-electron chi connectivity index (χ4n) is 1.41. The molecule has 0 unspecified atom stereocenters. The van der Waals surface area contributed by atoms with Crippen LogP contribution in [0.4, 0.5) is 5.82 Å². The van der Waals surface area contributed by atoms with Crippen molar-refractivity contribution < 1.29 is 0 Å². The monoisotopic (exact) mass is 202 g/mol. The lowest BCUT2D eigenvalue weighted by Crippen LogP contribution is -2.07. The van der Waals surface area contributed by atoms with E-state index in [9.17, 15) is 0 Å². The predicted octanol–water partition coefficient (Wildman–Crippen LogP) is 1.77. The van der Waals surface area contributed by atoms with Crippen molar-refractivity contribution >= 4 is 5.82 Å². The molecule has 0 aliphatic heterocycles. The summed E-state index contributed by atoms with van der Waals surface area (Å²) in [6.07, 6.45) is 6.26. The quantitative estimate of drug-likeness (QED) is 0.794. The van der Waals surface area contributed by atoms with Crippen LogP contribution in [0.1, 0.15) is 11.3 Å². The minimum atomic E-state index is 0.861. The molecule has 4 heteroatoms. The third-order valence-corrected chi connectivity index (χ3v) is 2.25. The van der Waals surface area contributed by atoms with Crippen LogP contribution in [-0.4, -0.2) is 21.5 Å². The average molecular weight is 202 g/mol. The van der Waals surface area contributed by atoms with Gasteiger partial charge in [0, 0.05) is 31.1 Å². The van der Waals surface area contributed by atoms with Gasteiger partial charge in [0.1, 0.15) is 5.82 Å². The summed E-state index contributed by atoms with van der Waals surface area (Å²) in [6.45, 7) is 2.91. The Kier molecular flexibility index (Phi) is 2.97. The van der Waals surface area contributed by atoms with E-state index >= 15 is 0 Å². The number of aryl methyl sites for hydroxylation is 1. The maximum absolute atomic E-state index is 4.26. The molecule has 2 aromatic heterocycles. The summed E-state index contributed by atoms with van der Waals surface area (Å²) in [5, 5.41) is 3.29. The standard InChI is InChI=1S/C11H14N4/c1-9-3-2-5-13-11(9)14-6-4-10-7-12-8-15-10/h2-3,5,7-8H,4,6H2,1H3,(H,12,15)(H,13,14). The fourth-order valence-corrected chi connectivity index (χ4v) is 1.41. The SMILES string of the molecule is Cc1cccnc1NCCc1cnc[nH]1. The second kappa shape index (κ2) is 4.59. The van der Waals surface area contributed by atoms with E-state index in [1.54, 1.807) is 12.5 Å². The van der Waals surface area contributed by atoms with E-state index in [1.165, 1.54) is 5.56 Å². The van der Waals surface area contributed by atoms with Gasteiger partial charge in [-0.05, 0) is 18.6 Å². The van der Waals surface area contributed by atoms with Gasteiger partial charge in [0.25, 0.3) is 0 Å². The van der Waals surface area contributed by atoms with E-state index < -0.39 is 0 Å². The molecule has 2 rings (SSSR count). The number of H-pyrrole nitrogens is 1. The molecule has 0 radical (unpaired) electrons. The van der Waals surface area contributed by atoms with Gasteiger partial charge in [-0.2, -0.15) is 0 Å². The first-order chi connectivity index (χ1) is 7.36. The number of aromatic amines is 1. The second-order valence-corrected chi connectivity index (χ2v) is 3.42. The Morgan fingerprint density at radius 3 is 3.13 bits per heavy atom. The van der Waals surface area contributed by atoms with Crippen LogP contribution in [0.15, 0.2) is 30.9 Å². The Balaban J connectivity index is 1.86. The Labute approximate surface area is 88.8 Å². The van der Waals surface area contributed by atoms with Crippen LogP contribution >= 0.6 is 0 Å². The van der Waals surface area contributed by atoms with Crippen LogP contribution < -0.4 is 5.32 Å². The molecule has 0 saturated heterocycles. The van der Waals surface area contributed by atoms with Crippen molar-refractivity contribution in [1.82, 2.24) is 15.0 Å². The second-order valence-electron chi connectivity index (χ2n) is 3.42. The molecular weight excluding hydrogens is 188 g/mol. The van der Waals surface area contributed by atoms with Crippen LogP contribution in [0.5, 0.6) is 0 Å². The molecule has 0 amide bonds. The molecule has 0 saturated carbocycles. The molecule has 2 N–H and O–H groups in total. The number of nitrogens with one attached hydrogen (secondary N) is 2. The highest BCUT2D eigenvalue weighted by Crippen LogP contribution is 2.08. The van der Waals surface area contributed by atoms with Crippen molar-refractivity contribution in [3.8, 4) is 0 Å². The molecule has 0 atom stereocenters. The van der Waals surface area contributed by atoms with Crippen LogP contribution in [-0.2, 0) is 6.42 Å². The highest BCUT2D eigenvalue weighted by atomic mass is 15.0. The zero-order chi connectivity index (χ0) is 10.5. The van der Waals surface area contributed by atoms with Crippen LogP contribution in [0, 0.1) is 6.92 Å². The number of hydrogen-bond donors (Lipinski definition) is 2. The number of imidazole rings is 1. The Bertz CT molecular complexity index is 408. The Morgan fingerprint density at radius 2 is 2.40 bits per heavy atom. The lowest BCUT2D eigenvalue weighted by atomic mass is 10.3. The number of nitrogens with zero attached hydrogens (tertiary/aromatic N) is 2. The molecule has 0 bridgehead atoms. The molecule has 0 fully saturated rings. The minimum Gasteiger partial charge on any atom is -0.369 e. The maximum Gasteiger partial charge on any atom is 0.128 e. The number of rotatable bonds is 4.